The summed E-state index contributed by atoms with van der Waals surface area (Å²) in [6.45, 7) is 16.7. The Morgan fingerprint density at radius 2 is 1.75 bits per heavy atom. The second kappa shape index (κ2) is 13.8. The highest BCUT2D eigenvalue weighted by atomic mass is 32.2. The number of sulfone groups is 1. The second-order valence-corrected chi connectivity index (χ2v) is 15.3. The maximum Gasteiger partial charge on any atom is 0.257 e. The van der Waals surface area contributed by atoms with Gasteiger partial charge in [-0.2, -0.15) is 0 Å². The Kier molecular flexibility index (Phi) is 10.5. The Morgan fingerprint density at radius 1 is 1.09 bits per heavy atom. The number of methoxy groups -OCH3 is 1. The fraction of sp³-hybridized carbons (Fsp3) is 0.469. The van der Waals surface area contributed by atoms with Crippen LogP contribution in [0.15, 0.2) is 51.7 Å². The van der Waals surface area contributed by atoms with E-state index in [0.29, 0.717) is 42.6 Å². The molecule has 1 unspecified atom stereocenters. The SMILES string of the molecule is CCN1CCN(C(=O)c2cc(S(=O)(=O)c3cnc(NC(=O)c4ccc(CNC(C)C(C)(C)C)cc4)s3)c(C)cc2OC)CC1. The molecule has 0 spiro atoms. The van der Waals surface area contributed by atoms with Crippen molar-refractivity contribution in [1.29, 1.82) is 0 Å². The van der Waals surface area contributed by atoms with E-state index in [1.165, 1.54) is 19.4 Å². The van der Waals surface area contributed by atoms with E-state index in [1.807, 2.05) is 12.1 Å². The number of hydrogen-bond donors (Lipinski definition) is 2. The molecule has 12 heteroatoms. The van der Waals surface area contributed by atoms with Crippen molar-refractivity contribution in [3.63, 3.8) is 0 Å². The van der Waals surface area contributed by atoms with E-state index in [0.717, 1.165) is 36.5 Å². The Labute approximate surface area is 264 Å². The summed E-state index contributed by atoms with van der Waals surface area (Å²) in [6.07, 6.45) is 1.23. The van der Waals surface area contributed by atoms with E-state index in [-0.39, 0.29) is 37.0 Å². The minimum absolute atomic E-state index is 0.000322. The number of benzene rings is 2. The number of ether oxygens (including phenoxy) is 1. The number of carbonyl (C=O) groups is 2. The molecule has 238 valence electrons. The molecular formula is C32H43N5O5S2. The summed E-state index contributed by atoms with van der Waals surface area (Å²) in [4.78, 5) is 34.5. The van der Waals surface area contributed by atoms with Crippen LogP contribution in [0.4, 0.5) is 5.13 Å². The van der Waals surface area contributed by atoms with Crippen LogP contribution in [0.25, 0.3) is 0 Å². The molecule has 2 aromatic carbocycles. The predicted octanol–water partition coefficient (Wildman–Crippen LogP) is 4.85. The fourth-order valence-corrected chi connectivity index (χ4v) is 7.45. The van der Waals surface area contributed by atoms with E-state index in [9.17, 15) is 18.0 Å². The lowest BCUT2D eigenvalue weighted by atomic mass is 9.88. The van der Waals surface area contributed by atoms with Gasteiger partial charge in [0.2, 0.25) is 9.84 Å². The van der Waals surface area contributed by atoms with Gasteiger partial charge in [0.25, 0.3) is 11.8 Å². The quantitative estimate of drug-likeness (QED) is 0.323. The molecule has 10 nitrogen and oxygen atoms in total. The molecule has 3 aromatic rings. The zero-order valence-electron chi connectivity index (χ0n) is 26.6. The Hall–Kier alpha value is -3.32. The molecule has 0 aliphatic carbocycles. The lowest BCUT2D eigenvalue weighted by molar-refractivity contribution is 0.0639. The van der Waals surface area contributed by atoms with Crippen LogP contribution in [0.1, 0.15) is 66.5 Å². The van der Waals surface area contributed by atoms with Gasteiger partial charge >= 0.3 is 0 Å². The molecule has 0 radical (unpaired) electrons. The second-order valence-electron chi connectivity index (χ2n) is 12.2. The zero-order valence-corrected chi connectivity index (χ0v) is 28.2. The molecule has 1 atom stereocenters. The summed E-state index contributed by atoms with van der Waals surface area (Å²) in [5.74, 6) is -0.327. The highest BCUT2D eigenvalue weighted by Gasteiger charge is 2.29. The number of aromatic nitrogens is 1. The first kappa shape index (κ1) is 33.6. The van der Waals surface area contributed by atoms with Crippen molar-refractivity contribution in [3.8, 4) is 5.75 Å². The van der Waals surface area contributed by atoms with E-state index in [1.54, 1.807) is 30.0 Å². The number of aryl methyl sites for hydroxylation is 1. The number of likely N-dealkylation sites (N-methyl/N-ethyl adjacent to an activating group) is 1. The maximum atomic E-state index is 13.7. The standard InChI is InChI=1S/C32H43N5O5S2/c1-8-36-13-15-37(16-14-36)30(39)25-18-27(21(2)17-26(25)42-7)44(40,41)28-20-34-31(43-28)35-29(38)24-11-9-23(10-12-24)19-33-22(3)32(4,5)6/h9-12,17-18,20,22,33H,8,13-16,19H2,1-7H3,(H,34,35,38). The van der Waals surface area contributed by atoms with Gasteiger partial charge in [0.05, 0.1) is 23.8 Å². The summed E-state index contributed by atoms with van der Waals surface area (Å²) in [6, 6.07) is 10.6. The number of amides is 2. The van der Waals surface area contributed by atoms with Crippen molar-refractivity contribution in [2.45, 2.75) is 63.2 Å². The lowest BCUT2D eigenvalue weighted by Crippen LogP contribution is -2.48. The van der Waals surface area contributed by atoms with E-state index < -0.39 is 9.84 Å². The molecule has 2 N–H and O–H groups in total. The van der Waals surface area contributed by atoms with Gasteiger partial charge in [-0.1, -0.05) is 51.2 Å². The number of thiazole rings is 1. The van der Waals surface area contributed by atoms with Crippen molar-refractivity contribution in [2.24, 2.45) is 5.41 Å². The van der Waals surface area contributed by atoms with Gasteiger partial charge in [-0.3, -0.25) is 14.9 Å². The number of rotatable bonds is 10. The normalized spacial score (nSPS) is 15.2. The fourth-order valence-electron chi connectivity index (χ4n) is 4.79. The molecule has 4 rings (SSSR count). The Balaban J connectivity index is 1.48. The Morgan fingerprint density at radius 3 is 2.34 bits per heavy atom. The first-order chi connectivity index (χ1) is 20.7. The van der Waals surface area contributed by atoms with Gasteiger partial charge in [0.15, 0.2) is 5.13 Å². The highest BCUT2D eigenvalue weighted by molar-refractivity contribution is 7.93. The van der Waals surface area contributed by atoms with E-state index in [2.05, 4.69) is 55.1 Å². The van der Waals surface area contributed by atoms with E-state index in [4.69, 9.17) is 4.74 Å². The first-order valence-electron chi connectivity index (χ1n) is 14.8. The van der Waals surface area contributed by atoms with Gasteiger partial charge in [-0.05, 0) is 61.2 Å². The zero-order chi connectivity index (χ0) is 32.2. The number of piperazine rings is 1. The largest absolute Gasteiger partial charge is 0.496 e. The Bertz CT molecular complexity index is 1590. The average molecular weight is 642 g/mol. The van der Waals surface area contributed by atoms with Crippen LogP contribution in [-0.4, -0.2) is 80.9 Å². The topological polar surface area (TPSA) is 121 Å². The van der Waals surface area contributed by atoms with Crippen molar-refractivity contribution in [2.75, 3.05) is 45.2 Å². The predicted molar refractivity (Wildman–Crippen MR) is 173 cm³/mol. The molecule has 0 saturated carbocycles. The first-order valence-corrected chi connectivity index (χ1v) is 17.1. The van der Waals surface area contributed by atoms with Gasteiger partial charge in [0.1, 0.15) is 9.96 Å². The summed E-state index contributed by atoms with van der Waals surface area (Å²) in [7, 11) is -2.58. The number of carbonyl (C=O) groups excluding carboxylic acids is 2. The van der Waals surface area contributed by atoms with Crippen molar-refractivity contribution in [3.05, 3.63) is 64.8 Å². The summed E-state index contributed by atoms with van der Waals surface area (Å²) in [5.41, 5.74) is 2.27. The third kappa shape index (κ3) is 7.66. The molecule has 2 heterocycles. The number of hydrogen-bond acceptors (Lipinski definition) is 9. The van der Waals surface area contributed by atoms with Crippen LogP contribution in [-0.2, 0) is 16.4 Å². The van der Waals surface area contributed by atoms with Crippen LogP contribution < -0.4 is 15.4 Å². The molecule has 2 amide bonds. The van der Waals surface area contributed by atoms with Crippen LogP contribution in [0.5, 0.6) is 5.75 Å². The van der Waals surface area contributed by atoms with E-state index >= 15 is 0 Å². The summed E-state index contributed by atoms with van der Waals surface area (Å²) in [5, 5.41) is 6.37. The molecule has 1 saturated heterocycles. The molecule has 1 fully saturated rings. The third-order valence-corrected chi connectivity index (χ3v) is 11.5. The van der Waals surface area contributed by atoms with Crippen molar-refractivity contribution >= 4 is 38.1 Å². The highest BCUT2D eigenvalue weighted by Crippen LogP contribution is 2.34. The third-order valence-electron chi connectivity index (χ3n) is 8.22. The summed E-state index contributed by atoms with van der Waals surface area (Å²) < 4.78 is 32.9. The number of nitrogens with zero attached hydrogens (tertiary/aromatic N) is 3. The number of anilines is 1. The molecule has 1 aliphatic rings. The minimum Gasteiger partial charge on any atom is -0.496 e. The molecular weight excluding hydrogens is 599 g/mol. The van der Waals surface area contributed by atoms with Gasteiger partial charge in [-0.15, -0.1) is 0 Å². The molecule has 1 aromatic heterocycles. The maximum absolute atomic E-state index is 13.7. The van der Waals surface area contributed by atoms with Crippen molar-refractivity contribution < 1.29 is 22.7 Å². The average Bonchev–Trinajstić information content (AvgIpc) is 3.48. The van der Waals surface area contributed by atoms with Gasteiger partial charge in [-0.25, -0.2) is 13.4 Å². The smallest absolute Gasteiger partial charge is 0.257 e. The molecule has 44 heavy (non-hydrogen) atoms. The monoisotopic (exact) mass is 641 g/mol. The van der Waals surface area contributed by atoms with Gasteiger partial charge in [0, 0.05) is 44.3 Å². The van der Waals surface area contributed by atoms with Crippen molar-refractivity contribution in [1.82, 2.24) is 20.1 Å². The lowest BCUT2D eigenvalue weighted by Gasteiger charge is -2.34. The van der Waals surface area contributed by atoms with Crippen LogP contribution in [0.2, 0.25) is 0 Å². The minimum atomic E-state index is -4.04. The summed E-state index contributed by atoms with van der Waals surface area (Å²) >= 11 is 0.865. The van der Waals surface area contributed by atoms with Crippen LogP contribution in [0.3, 0.4) is 0 Å². The molecule has 0 bridgehead atoms. The van der Waals surface area contributed by atoms with Crippen LogP contribution in [0, 0.1) is 12.3 Å². The van der Waals surface area contributed by atoms with Crippen LogP contribution >= 0.6 is 11.3 Å². The van der Waals surface area contributed by atoms with Gasteiger partial charge < -0.3 is 19.9 Å². The number of nitrogens with one attached hydrogen (secondary N) is 2. The molecule has 1 aliphatic heterocycles.